The summed E-state index contributed by atoms with van der Waals surface area (Å²) in [7, 11) is 1.83. The minimum atomic E-state index is -0.225. The van der Waals surface area contributed by atoms with Crippen LogP contribution in [0.3, 0.4) is 0 Å². The monoisotopic (exact) mass is 326 g/mol. The van der Waals surface area contributed by atoms with Crippen molar-refractivity contribution in [1.82, 2.24) is 9.78 Å². The number of hydrogen-bond acceptors (Lipinski definition) is 4. The van der Waals surface area contributed by atoms with Crippen molar-refractivity contribution in [2.45, 2.75) is 26.2 Å². The Labute approximate surface area is 139 Å². The van der Waals surface area contributed by atoms with Gasteiger partial charge in [0.25, 0.3) is 0 Å². The van der Waals surface area contributed by atoms with Gasteiger partial charge in [-0.1, -0.05) is 6.92 Å². The third kappa shape index (κ3) is 3.35. The molecule has 118 valence electrons. The van der Waals surface area contributed by atoms with E-state index in [1.54, 1.807) is 17.0 Å². The Hall–Kier alpha value is -2.39. The van der Waals surface area contributed by atoms with Gasteiger partial charge in [-0.15, -0.1) is 11.3 Å². The van der Waals surface area contributed by atoms with E-state index in [1.807, 2.05) is 13.2 Å². The van der Waals surface area contributed by atoms with Crippen molar-refractivity contribution in [3.63, 3.8) is 0 Å². The number of aromatic nitrogens is 2. The van der Waals surface area contributed by atoms with Crippen LogP contribution in [-0.2, 0) is 24.7 Å². The molecule has 0 fully saturated rings. The van der Waals surface area contributed by atoms with Gasteiger partial charge in [0.05, 0.1) is 11.8 Å². The van der Waals surface area contributed by atoms with E-state index in [9.17, 15) is 10.1 Å². The number of thiophene rings is 1. The van der Waals surface area contributed by atoms with Crippen LogP contribution < -0.4 is 5.32 Å². The molecule has 0 spiro atoms. The van der Waals surface area contributed by atoms with Crippen LogP contribution in [-0.4, -0.2) is 15.7 Å². The van der Waals surface area contributed by atoms with Gasteiger partial charge < -0.3 is 5.32 Å². The van der Waals surface area contributed by atoms with Crippen LogP contribution >= 0.6 is 11.3 Å². The largest absolute Gasteiger partial charge is 0.313 e. The molecule has 6 heteroatoms. The molecule has 5 nitrogen and oxygen atoms in total. The van der Waals surface area contributed by atoms with Crippen LogP contribution in [0, 0.1) is 17.2 Å². The van der Waals surface area contributed by atoms with Crippen molar-refractivity contribution >= 4 is 28.3 Å². The normalized spacial score (nSPS) is 17.0. The van der Waals surface area contributed by atoms with E-state index in [1.165, 1.54) is 22.3 Å². The fourth-order valence-corrected chi connectivity index (χ4v) is 4.17. The number of aryl methyl sites for hydroxylation is 1. The van der Waals surface area contributed by atoms with Crippen molar-refractivity contribution in [3.05, 3.63) is 40.0 Å². The minimum absolute atomic E-state index is 0.225. The number of rotatable bonds is 3. The minimum Gasteiger partial charge on any atom is -0.313 e. The molecule has 0 radical (unpaired) electrons. The lowest BCUT2D eigenvalue weighted by Crippen LogP contribution is -2.10. The third-order valence-electron chi connectivity index (χ3n) is 4.01. The van der Waals surface area contributed by atoms with Gasteiger partial charge in [0, 0.05) is 29.8 Å². The summed E-state index contributed by atoms with van der Waals surface area (Å²) in [5.74, 6) is 0.415. The molecule has 2 aromatic rings. The molecule has 1 amide bonds. The van der Waals surface area contributed by atoms with Gasteiger partial charge in [-0.2, -0.15) is 10.4 Å². The van der Waals surface area contributed by atoms with Gasteiger partial charge in [0.2, 0.25) is 5.91 Å². The second kappa shape index (κ2) is 6.39. The first-order chi connectivity index (χ1) is 11.1. The SMILES string of the molecule is C[C@H]1CCc2c(sc(NC(=O)/C=C/c3cnn(C)c3)c2C#N)C1. The quantitative estimate of drug-likeness (QED) is 0.881. The standard InChI is InChI=1S/C17H18N4OS/c1-11-3-5-13-14(8-18)17(23-15(13)7-11)20-16(22)6-4-12-9-19-21(2)10-12/h4,6,9-11H,3,5,7H2,1-2H3,(H,20,22)/b6-4+/t11-/m0/s1. The average Bonchev–Trinajstić information content (AvgIpc) is 3.07. The predicted octanol–water partition coefficient (Wildman–Crippen LogP) is 3.13. The van der Waals surface area contributed by atoms with Crippen LogP contribution in [0.5, 0.6) is 0 Å². The van der Waals surface area contributed by atoms with Gasteiger partial charge in [-0.05, 0) is 36.8 Å². The predicted molar refractivity (Wildman–Crippen MR) is 91.1 cm³/mol. The van der Waals surface area contributed by atoms with Crippen molar-refractivity contribution in [3.8, 4) is 6.07 Å². The van der Waals surface area contributed by atoms with E-state index in [-0.39, 0.29) is 5.91 Å². The molecule has 0 bridgehead atoms. The summed E-state index contributed by atoms with van der Waals surface area (Å²) in [5.41, 5.74) is 2.63. The Kier molecular flexibility index (Phi) is 4.30. The van der Waals surface area contributed by atoms with Gasteiger partial charge >= 0.3 is 0 Å². The molecule has 1 aliphatic rings. The second-order valence-corrected chi connectivity index (χ2v) is 7.04. The first kappa shape index (κ1) is 15.5. The van der Waals surface area contributed by atoms with Crippen LogP contribution in [0.15, 0.2) is 18.5 Å². The molecule has 1 atom stereocenters. The van der Waals surface area contributed by atoms with Gasteiger partial charge in [-0.3, -0.25) is 9.48 Å². The molecule has 2 aromatic heterocycles. The summed E-state index contributed by atoms with van der Waals surface area (Å²) in [6, 6.07) is 2.26. The highest BCUT2D eigenvalue weighted by atomic mass is 32.1. The Bertz CT molecular complexity index is 809. The highest BCUT2D eigenvalue weighted by molar-refractivity contribution is 7.16. The topological polar surface area (TPSA) is 70.7 Å². The fourth-order valence-electron chi connectivity index (χ4n) is 2.81. The zero-order chi connectivity index (χ0) is 16.4. The van der Waals surface area contributed by atoms with Gasteiger partial charge in [0.15, 0.2) is 0 Å². The molecule has 2 heterocycles. The third-order valence-corrected chi connectivity index (χ3v) is 5.18. The number of nitrogens with zero attached hydrogens (tertiary/aromatic N) is 3. The molecule has 1 N–H and O–H groups in total. The molecule has 0 aliphatic heterocycles. The number of fused-ring (bicyclic) bond motifs is 1. The van der Waals surface area contributed by atoms with E-state index < -0.39 is 0 Å². The lowest BCUT2D eigenvalue weighted by atomic mass is 9.89. The van der Waals surface area contributed by atoms with E-state index in [0.29, 0.717) is 16.5 Å². The maximum atomic E-state index is 12.1. The molecule has 0 saturated carbocycles. The Morgan fingerprint density at radius 1 is 1.61 bits per heavy atom. The summed E-state index contributed by atoms with van der Waals surface area (Å²) >= 11 is 1.54. The maximum Gasteiger partial charge on any atom is 0.249 e. The first-order valence-corrected chi connectivity index (χ1v) is 8.41. The first-order valence-electron chi connectivity index (χ1n) is 7.59. The fraction of sp³-hybridized carbons (Fsp3) is 0.353. The van der Waals surface area contributed by atoms with Crippen LogP contribution in [0.25, 0.3) is 6.08 Å². The number of carbonyl (C=O) groups is 1. The number of hydrogen-bond donors (Lipinski definition) is 1. The highest BCUT2D eigenvalue weighted by Gasteiger charge is 2.24. The maximum absolute atomic E-state index is 12.1. The number of anilines is 1. The van der Waals surface area contributed by atoms with Gasteiger partial charge in [0.1, 0.15) is 11.1 Å². The molecule has 0 saturated heterocycles. The summed E-state index contributed by atoms with van der Waals surface area (Å²) in [6.07, 6.45) is 9.73. The van der Waals surface area contributed by atoms with Crippen LogP contribution in [0.4, 0.5) is 5.00 Å². The molecular weight excluding hydrogens is 308 g/mol. The van der Waals surface area contributed by atoms with Crippen molar-refractivity contribution in [2.24, 2.45) is 13.0 Å². The van der Waals surface area contributed by atoms with Crippen molar-refractivity contribution in [2.75, 3.05) is 5.32 Å². The molecule has 1 aliphatic carbocycles. The summed E-state index contributed by atoms with van der Waals surface area (Å²) < 4.78 is 1.68. The van der Waals surface area contributed by atoms with Crippen molar-refractivity contribution in [1.29, 1.82) is 5.26 Å². The number of nitrogens with one attached hydrogen (secondary N) is 1. The van der Waals surface area contributed by atoms with E-state index in [2.05, 4.69) is 23.4 Å². The molecular formula is C17H18N4OS. The summed E-state index contributed by atoms with van der Waals surface area (Å²) in [6.45, 7) is 2.23. The Morgan fingerprint density at radius 2 is 2.43 bits per heavy atom. The van der Waals surface area contributed by atoms with Crippen LogP contribution in [0.2, 0.25) is 0 Å². The van der Waals surface area contributed by atoms with E-state index in [4.69, 9.17) is 0 Å². The van der Waals surface area contributed by atoms with E-state index >= 15 is 0 Å². The number of amides is 1. The molecule has 23 heavy (non-hydrogen) atoms. The lowest BCUT2D eigenvalue weighted by molar-refractivity contribution is -0.111. The molecule has 0 unspecified atom stereocenters. The Morgan fingerprint density at radius 3 is 3.13 bits per heavy atom. The van der Waals surface area contributed by atoms with Crippen molar-refractivity contribution < 1.29 is 4.79 Å². The molecule has 0 aromatic carbocycles. The highest BCUT2D eigenvalue weighted by Crippen LogP contribution is 2.39. The van der Waals surface area contributed by atoms with E-state index in [0.717, 1.165) is 30.4 Å². The number of nitriles is 1. The lowest BCUT2D eigenvalue weighted by Gasteiger charge is -2.17. The zero-order valence-corrected chi connectivity index (χ0v) is 14.0. The zero-order valence-electron chi connectivity index (χ0n) is 13.2. The summed E-state index contributed by atoms with van der Waals surface area (Å²) in [4.78, 5) is 13.4. The van der Waals surface area contributed by atoms with Crippen LogP contribution in [0.1, 0.15) is 34.9 Å². The molecule has 3 rings (SSSR count). The number of carbonyl (C=O) groups excluding carboxylic acids is 1. The summed E-state index contributed by atoms with van der Waals surface area (Å²) in [5, 5.41) is 17.0. The Balaban J connectivity index is 1.76. The smallest absolute Gasteiger partial charge is 0.249 e. The second-order valence-electron chi connectivity index (χ2n) is 5.94. The van der Waals surface area contributed by atoms with Gasteiger partial charge in [-0.25, -0.2) is 0 Å². The average molecular weight is 326 g/mol.